The maximum atomic E-state index is 9.87. The molecule has 0 radical (unpaired) electrons. The number of aliphatic hydroxyl groups excluding tert-OH is 1. The van der Waals surface area contributed by atoms with E-state index in [9.17, 15) is 5.11 Å². The van der Waals surface area contributed by atoms with Crippen LogP contribution in [0.15, 0.2) is 24.3 Å². The molecule has 0 saturated heterocycles. The van der Waals surface area contributed by atoms with Crippen molar-refractivity contribution in [3.05, 3.63) is 29.8 Å². The first kappa shape index (κ1) is 12.4. The first-order valence-corrected chi connectivity index (χ1v) is 6.42. The SMILES string of the molecule is CCOc1cccc(C(O)CSCC)c1. The molecule has 0 aliphatic heterocycles. The topological polar surface area (TPSA) is 29.5 Å². The zero-order valence-corrected chi connectivity index (χ0v) is 10.1. The Balaban J connectivity index is 2.62. The molecule has 1 rings (SSSR count). The zero-order valence-electron chi connectivity index (χ0n) is 9.27. The van der Waals surface area contributed by atoms with Crippen molar-refractivity contribution in [1.82, 2.24) is 0 Å². The average Bonchev–Trinajstić information content (AvgIpc) is 2.27. The van der Waals surface area contributed by atoms with Crippen LogP contribution in [0.4, 0.5) is 0 Å². The van der Waals surface area contributed by atoms with Crippen LogP contribution in [-0.2, 0) is 0 Å². The molecule has 0 saturated carbocycles. The molecular weight excluding hydrogens is 208 g/mol. The van der Waals surface area contributed by atoms with E-state index in [2.05, 4.69) is 6.92 Å². The minimum Gasteiger partial charge on any atom is -0.494 e. The van der Waals surface area contributed by atoms with Crippen LogP contribution in [0.2, 0.25) is 0 Å². The maximum Gasteiger partial charge on any atom is 0.119 e. The molecule has 0 amide bonds. The predicted octanol–water partition coefficient (Wildman–Crippen LogP) is 2.87. The van der Waals surface area contributed by atoms with Gasteiger partial charge in [0, 0.05) is 5.75 Å². The third-order valence-electron chi connectivity index (χ3n) is 2.03. The number of thioether (sulfide) groups is 1. The summed E-state index contributed by atoms with van der Waals surface area (Å²) in [6.07, 6.45) is -0.393. The van der Waals surface area contributed by atoms with Gasteiger partial charge in [-0.3, -0.25) is 0 Å². The number of aliphatic hydroxyl groups is 1. The Morgan fingerprint density at radius 2 is 2.20 bits per heavy atom. The second-order valence-electron chi connectivity index (χ2n) is 3.18. The Morgan fingerprint density at radius 3 is 2.87 bits per heavy atom. The standard InChI is InChI=1S/C12H18O2S/c1-3-14-11-7-5-6-10(8-11)12(13)9-15-4-2/h5-8,12-13H,3-4,9H2,1-2H3. The molecule has 3 heteroatoms. The summed E-state index contributed by atoms with van der Waals surface area (Å²) in [5.74, 6) is 2.60. The van der Waals surface area contributed by atoms with E-state index in [-0.39, 0.29) is 0 Å². The molecule has 0 spiro atoms. The van der Waals surface area contributed by atoms with Crippen molar-refractivity contribution in [3.8, 4) is 5.75 Å². The molecule has 0 bridgehead atoms. The van der Waals surface area contributed by atoms with Crippen molar-refractivity contribution >= 4 is 11.8 Å². The van der Waals surface area contributed by atoms with Gasteiger partial charge < -0.3 is 9.84 Å². The summed E-state index contributed by atoms with van der Waals surface area (Å²) in [5, 5.41) is 9.87. The van der Waals surface area contributed by atoms with Gasteiger partial charge >= 0.3 is 0 Å². The van der Waals surface area contributed by atoms with Crippen molar-refractivity contribution in [1.29, 1.82) is 0 Å². The number of rotatable bonds is 6. The lowest BCUT2D eigenvalue weighted by atomic mass is 10.1. The quantitative estimate of drug-likeness (QED) is 0.808. The van der Waals surface area contributed by atoms with Gasteiger partial charge in [0.25, 0.3) is 0 Å². The van der Waals surface area contributed by atoms with Gasteiger partial charge in [-0.05, 0) is 30.4 Å². The van der Waals surface area contributed by atoms with Crippen LogP contribution >= 0.6 is 11.8 Å². The molecule has 0 aromatic heterocycles. The molecule has 2 nitrogen and oxygen atoms in total. The third-order valence-corrected chi connectivity index (χ3v) is 2.99. The first-order chi connectivity index (χ1) is 7.27. The van der Waals surface area contributed by atoms with Crippen LogP contribution in [0.5, 0.6) is 5.75 Å². The minimum absolute atomic E-state index is 0.393. The van der Waals surface area contributed by atoms with Crippen LogP contribution in [0.25, 0.3) is 0 Å². The summed E-state index contributed by atoms with van der Waals surface area (Å²) in [6, 6.07) is 7.67. The molecule has 0 aliphatic carbocycles. The highest BCUT2D eigenvalue weighted by atomic mass is 32.2. The smallest absolute Gasteiger partial charge is 0.119 e. The highest BCUT2D eigenvalue weighted by Gasteiger charge is 2.07. The molecule has 1 N–H and O–H groups in total. The Kier molecular flexibility index (Phi) is 5.58. The molecule has 15 heavy (non-hydrogen) atoms. The molecule has 84 valence electrons. The molecule has 0 aliphatic rings. The van der Waals surface area contributed by atoms with Gasteiger partial charge in [0.15, 0.2) is 0 Å². The number of hydrogen-bond acceptors (Lipinski definition) is 3. The van der Waals surface area contributed by atoms with Crippen molar-refractivity contribution in [2.24, 2.45) is 0 Å². The Morgan fingerprint density at radius 1 is 1.40 bits per heavy atom. The number of hydrogen-bond donors (Lipinski definition) is 1. The van der Waals surface area contributed by atoms with Crippen LogP contribution < -0.4 is 4.74 Å². The van der Waals surface area contributed by atoms with Crippen LogP contribution in [0, 0.1) is 0 Å². The summed E-state index contributed by atoms with van der Waals surface area (Å²) in [7, 11) is 0. The van der Waals surface area contributed by atoms with Gasteiger partial charge in [-0.15, -0.1) is 0 Å². The fourth-order valence-corrected chi connectivity index (χ4v) is 1.96. The molecule has 0 fully saturated rings. The number of ether oxygens (including phenoxy) is 1. The van der Waals surface area contributed by atoms with E-state index in [4.69, 9.17) is 4.74 Å². The van der Waals surface area contributed by atoms with Gasteiger partial charge in [0.2, 0.25) is 0 Å². The van der Waals surface area contributed by atoms with E-state index in [1.807, 2.05) is 31.2 Å². The maximum absolute atomic E-state index is 9.87. The van der Waals surface area contributed by atoms with Crippen molar-refractivity contribution in [3.63, 3.8) is 0 Å². The molecule has 1 aromatic carbocycles. The van der Waals surface area contributed by atoms with Gasteiger partial charge in [-0.1, -0.05) is 19.1 Å². The molecular formula is C12H18O2S. The van der Waals surface area contributed by atoms with Crippen molar-refractivity contribution in [2.45, 2.75) is 20.0 Å². The lowest BCUT2D eigenvalue weighted by molar-refractivity contribution is 0.203. The molecule has 1 unspecified atom stereocenters. The molecule has 0 heterocycles. The fraction of sp³-hybridized carbons (Fsp3) is 0.500. The zero-order chi connectivity index (χ0) is 11.1. The van der Waals surface area contributed by atoms with E-state index in [1.54, 1.807) is 11.8 Å². The summed E-state index contributed by atoms with van der Waals surface area (Å²) in [4.78, 5) is 0. The predicted molar refractivity (Wildman–Crippen MR) is 65.6 cm³/mol. The Labute approximate surface area is 95.7 Å². The lowest BCUT2D eigenvalue weighted by Gasteiger charge is -2.11. The highest BCUT2D eigenvalue weighted by Crippen LogP contribution is 2.22. The second-order valence-corrected chi connectivity index (χ2v) is 4.50. The van der Waals surface area contributed by atoms with E-state index in [0.717, 1.165) is 22.8 Å². The normalized spacial score (nSPS) is 12.5. The lowest BCUT2D eigenvalue weighted by Crippen LogP contribution is -2.01. The van der Waals surface area contributed by atoms with E-state index in [0.29, 0.717) is 6.61 Å². The fourth-order valence-electron chi connectivity index (χ4n) is 1.30. The minimum atomic E-state index is -0.393. The van der Waals surface area contributed by atoms with E-state index >= 15 is 0 Å². The van der Waals surface area contributed by atoms with Gasteiger partial charge in [-0.25, -0.2) is 0 Å². The largest absolute Gasteiger partial charge is 0.494 e. The molecule has 1 atom stereocenters. The average molecular weight is 226 g/mol. The summed E-state index contributed by atoms with van der Waals surface area (Å²) >= 11 is 1.74. The monoisotopic (exact) mass is 226 g/mol. The van der Waals surface area contributed by atoms with Gasteiger partial charge in [0.1, 0.15) is 5.75 Å². The van der Waals surface area contributed by atoms with E-state index < -0.39 is 6.10 Å². The van der Waals surface area contributed by atoms with Crippen molar-refractivity contribution < 1.29 is 9.84 Å². The molecule has 1 aromatic rings. The second kappa shape index (κ2) is 6.75. The highest BCUT2D eigenvalue weighted by molar-refractivity contribution is 7.99. The third kappa shape index (κ3) is 4.14. The van der Waals surface area contributed by atoms with Crippen LogP contribution in [0.1, 0.15) is 25.5 Å². The first-order valence-electron chi connectivity index (χ1n) is 5.26. The van der Waals surface area contributed by atoms with Gasteiger partial charge in [-0.2, -0.15) is 11.8 Å². The summed E-state index contributed by atoms with van der Waals surface area (Å²) in [6.45, 7) is 4.70. The van der Waals surface area contributed by atoms with E-state index in [1.165, 1.54) is 0 Å². The van der Waals surface area contributed by atoms with Crippen LogP contribution in [-0.4, -0.2) is 23.2 Å². The Hall–Kier alpha value is -0.670. The van der Waals surface area contributed by atoms with Gasteiger partial charge in [0.05, 0.1) is 12.7 Å². The Bertz CT molecular complexity index is 289. The summed E-state index contributed by atoms with van der Waals surface area (Å²) in [5.41, 5.74) is 0.932. The van der Waals surface area contributed by atoms with Crippen molar-refractivity contribution in [2.75, 3.05) is 18.1 Å². The number of benzene rings is 1. The summed E-state index contributed by atoms with van der Waals surface area (Å²) < 4.78 is 5.38. The van der Waals surface area contributed by atoms with Crippen LogP contribution in [0.3, 0.4) is 0 Å².